The zero-order chi connectivity index (χ0) is 13.9. The fourth-order valence-corrected chi connectivity index (χ4v) is 2.72. The third-order valence-corrected chi connectivity index (χ3v) is 3.83. The lowest BCUT2D eigenvalue weighted by Crippen LogP contribution is -2.28. The summed E-state index contributed by atoms with van der Waals surface area (Å²) >= 11 is 0. The third kappa shape index (κ3) is 3.17. The molecule has 2 aliphatic rings. The molecule has 0 spiro atoms. The van der Waals surface area contributed by atoms with Crippen molar-refractivity contribution in [3.8, 4) is 0 Å². The van der Waals surface area contributed by atoms with E-state index in [4.69, 9.17) is 10.6 Å². The average molecular weight is 278 g/mol. The SMILES string of the molecule is COCc1nc(NN)cc(NC2CCN(C3CC3)C2)n1. The van der Waals surface area contributed by atoms with E-state index in [-0.39, 0.29) is 0 Å². The Bertz CT molecular complexity index is 464. The van der Waals surface area contributed by atoms with Gasteiger partial charge >= 0.3 is 0 Å². The molecule has 1 aliphatic heterocycles. The van der Waals surface area contributed by atoms with Gasteiger partial charge in [0, 0.05) is 38.3 Å². The molecule has 0 bridgehead atoms. The van der Waals surface area contributed by atoms with Gasteiger partial charge in [-0.1, -0.05) is 0 Å². The van der Waals surface area contributed by atoms with Gasteiger partial charge < -0.3 is 15.5 Å². The first-order chi connectivity index (χ1) is 9.78. The van der Waals surface area contributed by atoms with Crippen LogP contribution in [0.15, 0.2) is 6.07 Å². The van der Waals surface area contributed by atoms with Gasteiger partial charge in [-0.15, -0.1) is 0 Å². The number of rotatable bonds is 6. The van der Waals surface area contributed by atoms with E-state index in [1.807, 2.05) is 6.07 Å². The second-order valence-corrected chi connectivity index (χ2v) is 5.49. The molecule has 0 aromatic carbocycles. The van der Waals surface area contributed by atoms with Crippen LogP contribution in [-0.2, 0) is 11.3 Å². The van der Waals surface area contributed by atoms with E-state index < -0.39 is 0 Å². The third-order valence-electron chi connectivity index (χ3n) is 3.83. The van der Waals surface area contributed by atoms with Gasteiger partial charge in [0.05, 0.1) is 0 Å². The smallest absolute Gasteiger partial charge is 0.158 e. The predicted molar refractivity (Wildman–Crippen MR) is 77.2 cm³/mol. The number of nitrogens with zero attached hydrogens (tertiary/aromatic N) is 3. The van der Waals surface area contributed by atoms with Crippen molar-refractivity contribution in [1.29, 1.82) is 0 Å². The zero-order valence-electron chi connectivity index (χ0n) is 11.8. The maximum atomic E-state index is 5.44. The number of aromatic nitrogens is 2. The topological polar surface area (TPSA) is 88.3 Å². The van der Waals surface area contributed by atoms with Crippen molar-refractivity contribution in [2.45, 2.75) is 38.0 Å². The van der Waals surface area contributed by atoms with Crippen molar-refractivity contribution in [2.24, 2.45) is 5.84 Å². The van der Waals surface area contributed by atoms with Crippen molar-refractivity contribution in [1.82, 2.24) is 14.9 Å². The van der Waals surface area contributed by atoms with Gasteiger partial charge in [0.25, 0.3) is 0 Å². The molecule has 1 aromatic rings. The minimum Gasteiger partial charge on any atom is -0.377 e. The number of hydrogen-bond donors (Lipinski definition) is 3. The average Bonchev–Trinajstić information content (AvgIpc) is 3.20. The fraction of sp³-hybridized carbons (Fsp3) is 0.692. The number of nitrogen functional groups attached to an aromatic ring is 1. The Labute approximate surface area is 118 Å². The molecule has 1 atom stereocenters. The summed E-state index contributed by atoms with van der Waals surface area (Å²) in [5, 5.41) is 3.48. The number of hydrogen-bond acceptors (Lipinski definition) is 7. The number of likely N-dealkylation sites (tertiary alicyclic amines) is 1. The number of anilines is 2. The lowest BCUT2D eigenvalue weighted by atomic mass is 10.2. The molecule has 1 aromatic heterocycles. The maximum absolute atomic E-state index is 5.44. The van der Waals surface area contributed by atoms with E-state index in [1.54, 1.807) is 7.11 Å². The summed E-state index contributed by atoms with van der Waals surface area (Å²) in [4.78, 5) is 11.3. The van der Waals surface area contributed by atoms with Gasteiger partial charge in [-0.2, -0.15) is 0 Å². The van der Waals surface area contributed by atoms with Crippen molar-refractivity contribution in [3.63, 3.8) is 0 Å². The molecule has 7 heteroatoms. The summed E-state index contributed by atoms with van der Waals surface area (Å²) in [6.45, 7) is 2.66. The van der Waals surface area contributed by atoms with Crippen LogP contribution >= 0.6 is 0 Å². The van der Waals surface area contributed by atoms with Crippen LogP contribution in [0.1, 0.15) is 25.1 Å². The number of hydrazine groups is 1. The first-order valence-corrected chi connectivity index (χ1v) is 7.12. The number of nitrogens with two attached hydrogens (primary N) is 1. The molecule has 1 unspecified atom stereocenters. The largest absolute Gasteiger partial charge is 0.377 e. The van der Waals surface area contributed by atoms with Crippen molar-refractivity contribution >= 4 is 11.6 Å². The van der Waals surface area contributed by atoms with E-state index in [9.17, 15) is 0 Å². The molecule has 0 radical (unpaired) electrons. The van der Waals surface area contributed by atoms with Gasteiger partial charge in [-0.05, 0) is 19.3 Å². The van der Waals surface area contributed by atoms with Crippen LogP contribution in [-0.4, -0.2) is 47.2 Å². The standard InChI is InChI=1S/C13H22N6O/c1-20-8-13-16-11(6-12(17-13)18-14)15-9-4-5-19(7-9)10-2-3-10/h6,9-10H,2-5,7-8,14H2,1H3,(H2,15,16,17,18). The summed E-state index contributed by atoms with van der Waals surface area (Å²) in [6.07, 6.45) is 3.88. The van der Waals surface area contributed by atoms with E-state index in [0.717, 1.165) is 24.8 Å². The maximum Gasteiger partial charge on any atom is 0.158 e. The Morgan fingerprint density at radius 1 is 1.35 bits per heavy atom. The molecular formula is C13H22N6O. The molecule has 2 heterocycles. The van der Waals surface area contributed by atoms with Crippen LogP contribution in [0.3, 0.4) is 0 Å². The van der Waals surface area contributed by atoms with Crippen LogP contribution in [0.5, 0.6) is 0 Å². The molecule has 1 saturated heterocycles. The fourth-order valence-electron chi connectivity index (χ4n) is 2.72. The Morgan fingerprint density at radius 3 is 2.85 bits per heavy atom. The van der Waals surface area contributed by atoms with Gasteiger partial charge in [0.1, 0.15) is 18.2 Å². The minimum absolute atomic E-state index is 0.378. The summed E-state index contributed by atoms with van der Waals surface area (Å²) in [5.74, 6) is 7.48. The molecule has 110 valence electrons. The first kappa shape index (κ1) is 13.5. The van der Waals surface area contributed by atoms with Gasteiger partial charge in [-0.25, -0.2) is 15.8 Å². The van der Waals surface area contributed by atoms with E-state index in [1.165, 1.54) is 19.4 Å². The van der Waals surface area contributed by atoms with Crippen LogP contribution < -0.4 is 16.6 Å². The highest BCUT2D eigenvalue weighted by atomic mass is 16.5. The summed E-state index contributed by atoms with van der Waals surface area (Å²) < 4.78 is 5.08. The lowest BCUT2D eigenvalue weighted by Gasteiger charge is -2.17. The van der Waals surface area contributed by atoms with E-state index >= 15 is 0 Å². The van der Waals surface area contributed by atoms with Crippen LogP contribution in [0.2, 0.25) is 0 Å². The Balaban J connectivity index is 1.65. The van der Waals surface area contributed by atoms with Crippen molar-refractivity contribution in [2.75, 3.05) is 30.9 Å². The molecule has 3 rings (SSSR count). The first-order valence-electron chi connectivity index (χ1n) is 7.12. The highest BCUT2D eigenvalue weighted by Crippen LogP contribution is 2.30. The molecule has 4 N–H and O–H groups in total. The monoisotopic (exact) mass is 278 g/mol. The zero-order valence-corrected chi connectivity index (χ0v) is 11.8. The highest BCUT2D eigenvalue weighted by molar-refractivity contribution is 5.47. The second-order valence-electron chi connectivity index (χ2n) is 5.49. The summed E-state index contributed by atoms with van der Waals surface area (Å²) in [5.41, 5.74) is 2.57. The van der Waals surface area contributed by atoms with Crippen molar-refractivity contribution in [3.05, 3.63) is 11.9 Å². The molecule has 1 aliphatic carbocycles. The molecule has 1 saturated carbocycles. The molecule has 0 amide bonds. The van der Waals surface area contributed by atoms with Gasteiger partial charge in [0.2, 0.25) is 0 Å². The molecule has 7 nitrogen and oxygen atoms in total. The predicted octanol–water partition coefficient (Wildman–Crippen LogP) is 0.557. The Hall–Kier alpha value is -1.44. The van der Waals surface area contributed by atoms with E-state index in [0.29, 0.717) is 24.3 Å². The number of ether oxygens (including phenoxy) is 1. The van der Waals surface area contributed by atoms with Crippen LogP contribution in [0.4, 0.5) is 11.6 Å². The number of methoxy groups -OCH3 is 1. The van der Waals surface area contributed by atoms with Crippen LogP contribution in [0, 0.1) is 0 Å². The summed E-state index contributed by atoms with van der Waals surface area (Å²) in [7, 11) is 1.63. The second kappa shape index (κ2) is 5.90. The lowest BCUT2D eigenvalue weighted by molar-refractivity contribution is 0.178. The van der Waals surface area contributed by atoms with Gasteiger partial charge in [0.15, 0.2) is 5.82 Å². The van der Waals surface area contributed by atoms with Crippen LogP contribution in [0.25, 0.3) is 0 Å². The Morgan fingerprint density at radius 2 is 2.15 bits per heavy atom. The van der Waals surface area contributed by atoms with E-state index in [2.05, 4.69) is 25.6 Å². The molecular weight excluding hydrogens is 256 g/mol. The van der Waals surface area contributed by atoms with Crippen molar-refractivity contribution < 1.29 is 4.74 Å². The number of nitrogens with one attached hydrogen (secondary N) is 2. The molecule has 20 heavy (non-hydrogen) atoms. The highest BCUT2D eigenvalue weighted by Gasteiger charge is 2.34. The normalized spacial score (nSPS) is 23.0. The minimum atomic E-state index is 0.378. The molecule has 2 fully saturated rings. The van der Waals surface area contributed by atoms with Gasteiger partial charge in [-0.3, -0.25) is 4.90 Å². The Kier molecular flexibility index (Phi) is 4.00. The summed E-state index contributed by atoms with van der Waals surface area (Å²) in [6, 6.07) is 3.11. The quantitative estimate of drug-likeness (QED) is 0.517.